The summed E-state index contributed by atoms with van der Waals surface area (Å²) in [6, 6.07) is 9.84. The summed E-state index contributed by atoms with van der Waals surface area (Å²) < 4.78 is 0. The maximum Gasteiger partial charge on any atom is 0.253 e. The molecule has 2 aromatic heterocycles. The van der Waals surface area contributed by atoms with Gasteiger partial charge in [0.2, 0.25) is 5.91 Å². The second kappa shape index (κ2) is 8.88. The summed E-state index contributed by atoms with van der Waals surface area (Å²) in [6.45, 7) is 4.37. The van der Waals surface area contributed by atoms with E-state index < -0.39 is 0 Å². The molecule has 5 nitrogen and oxygen atoms in total. The number of piperazine rings is 1. The van der Waals surface area contributed by atoms with Crippen LogP contribution in [0.3, 0.4) is 0 Å². The summed E-state index contributed by atoms with van der Waals surface area (Å²) in [5, 5.41) is 7.01. The van der Waals surface area contributed by atoms with Crippen molar-refractivity contribution in [2.45, 2.75) is 19.8 Å². The van der Waals surface area contributed by atoms with Crippen LogP contribution in [-0.4, -0.2) is 52.8 Å². The van der Waals surface area contributed by atoms with Crippen LogP contribution in [-0.2, 0) is 17.6 Å². The van der Waals surface area contributed by atoms with E-state index in [1.165, 1.54) is 5.56 Å². The number of aryl methyl sites for hydroxylation is 1. The quantitative estimate of drug-likeness (QED) is 0.622. The van der Waals surface area contributed by atoms with Gasteiger partial charge in [0.15, 0.2) is 0 Å². The maximum atomic E-state index is 12.7. The molecule has 0 radical (unpaired) electrons. The SMILES string of the molecule is CCc1ccc(C(=O)N2CCN(C(=O)Cc3csc(-c4ccsc4)n3)CC2)cc1. The summed E-state index contributed by atoms with van der Waals surface area (Å²) in [7, 11) is 0. The summed E-state index contributed by atoms with van der Waals surface area (Å²) >= 11 is 3.21. The number of amides is 2. The molecule has 1 fully saturated rings. The van der Waals surface area contributed by atoms with Crippen LogP contribution >= 0.6 is 22.7 Å². The fraction of sp³-hybridized carbons (Fsp3) is 0.318. The van der Waals surface area contributed by atoms with E-state index in [-0.39, 0.29) is 11.8 Å². The number of benzene rings is 1. The number of carbonyl (C=O) groups is 2. The molecule has 0 bridgehead atoms. The first-order chi connectivity index (χ1) is 14.1. The van der Waals surface area contributed by atoms with E-state index in [1.807, 2.05) is 50.9 Å². The van der Waals surface area contributed by atoms with Gasteiger partial charge in [-0.25, -0.2) is 4.98 Å². The molecule has 2 amide bonds. The van der Waals surface area contributed by atoms with Crippen molar-refractivity contribution in [2.24, 2.45) is 0 Å². The van der Waals surface area contributed by atoms with Gasteiger partial charge >= 0.3 is 0 Å². The van der Waals surface area contributed by atoms with Gasteiger partial charge < -0.3 is 9.80 Å². The van der Waals surface area contributed by atoms with E-state index in [9.17, 15) is 9.59 Å². The Morgan fingerprint density at radius 3 is 2.38 bits per heavy atom. The molecule has 0 spiro atoms. The van der Waals surface area contributed by atoms with Crippen molar-refractivity contribution in [1.82, 2.24) is 14.8 Å². The molecule has 150 valence electrons. The highest BCUT2D eigenvalue weighted by Gasteiger charge is 2.25. The Morgan fingerprint density at radius 2 is 1.72 bits per heavy atom. The van der Waals surface area contributed by atoms with Crippen molar-refractivity contribution in [2.75, 3.05) is 26.2 Å². The number of nitrogens with zero attached hydrogens (tertiary/aromatic N) is 3. The molecule has 3 heterocycles. The topological polar surface area (TPSA) is 53.5 Å². The van der Waals surface area contributed by atoms with Gasteiger partial charge in [-0.2, -0.15) is 11.3 Å². The van der Waals surface area contributed by atoms with Gasteiger partial charge in [0.05, 0.1) is 12.1 Å². The fourth-order valence-corrected chi connectivity index (χ4v) is 4.93. The van der Waals surface area contributed by atoms with Crippen LogP contribution in [0, 0.1) is 0 Å². The normalized spacial score (nSPS) is 14.2. The third-order valence-electron chi connectivity index (χ3n) is 5.18. The lowest BCUT2D eigenvalue weighted by Gasteiger charge is -2.34. The second-order valence-corrected chi connectivity index (χ2v) is 8.69. The van der Waals surface area contributed by atoms with E-state index in [2.05, 4.69) is 17.3 Å². The molecule has 0 unspecified atom stereocenters. The Bertz CT molecular complexity index is 972. The number of hydrogen-bond donors (Lipinski definition) is 0. The third kappa shape index (κ3) is 4.57. The Hall–Kier alpha value is -2.51. The van der Waals surface area contributed by atoms with Crippen LogP contribution < -0.4 is 0 Å². The zero-order chi connectivity index (χ0) is 20.2. The van der Waals surface area contributed by atoms with Crippen molar-refractivity contribution in [3.8, 4) is 10.6 Å². The molecule has 29 heavy (non-hydrogen) atoms. The molecule has 4 rings (SSSR count). The summed E-state index contributed by atoms with van der Waals surface area (Å²) in [5.74, 6) is 0.117. The van der Waals surface area contributed by atoms with Gasteiger partial charge in [-0.1, -0.05) is 19.1 Å². The standard InChI is InChI=1S/C22H23N3O2S2/c1-2-16-3-5-17(6-4-16)22(27)25-10-8-24(9-11-25)20(26)13-19-15-29-21(23-19)18-7-12-28-14-18/h3-7,12,14-15H,2,8-11,13H2,1H3. The highest BCUT2D eigenvalue weighted by atomic mass is 32.1. The van der Waals surface area contributed by atoms with Crippen LogP contribution in [0.25, 0.3) is 10.6 Å². The molecule has 1 aliphatic heterocycles. The Morgan fingerprint density at radius 1 is 1.00 bits per heavy atom. The first-order valence-corrected chi connectivity index (χ1v) is 11.6. The first kappa shape index (κ1) is 19.8. The van der Waals surface area contributed by atoms with E-state index in [0.29, 0.717) is 38.2 Å². The minimum atomic E-state index is 0.0414. The number of rotatable bonds is 5. The molecule has 1 aliphatic rings. The minimum Gasteiger partial charge on any atom is -0.339 e. The fourth-order valence-electron chi connectivity index (χ4n) is 3.40. The second-order valence-electron chi connectivity index (χ2n) is 7.06. The zero-order valence-electron chi connectivity index (χ0n) is 16.3. The van der Waals surface area contributed by atoms with Crippen molar-refractivity contribution in [3.05, 3.63) is 63.3 Å². The van der Waals surface area contributed by atoms with Gasteiger partial charge in [-0.05, 0) is 35.6 Å². The number of aromatic nitrogens is 1. The lowest BCUT2D eigenvalue weighted by molar-refractivity contribution is -0.132. The van der Waals surface area contributed by atoms with Gasteiger partial charge in [-0.3, -0.25) is 9.59 Å². The van der Waals surface area contributed by atoms with E-state index >= 15 is 0 Å². The summed E-state index contributed by atoms with van der Waals surface area (Å²) in [5.41, 5.74) is 3.86. The first-order valence-electron chi connectivity index (χ1n) is 9.77. The van der Waals surface area contributed by atoms with Gasteiger partial charge in [-0.15, -0.1) is 11.3 Å². The molecule has 1 aromatic carbocycles. The van der Waals surface area contributed by atoms with E-state index in [0.717, 1.165) is 22.7 Å². The molecule has 0 saturated carbocycles. The predicted octanol–water partition coefficient (Wildman–Crippen LogP) is 3.96. The number of hydrogen-bond acceptors (Lipinski definition) is 5. The third-order valence-corrected chi connectivity index (χ3v) is 6.80. The molecule has 0 N–H and O–H groups in total. The lowest BCUT2D eigenvalue weighted by Crippen LogP contribution is -2.51. The van der Waals surface area contributed by atoms with E-state index in [4.69, 9.17) is 0 Å². The average Bonchev–Trinajstić information content (AvgIpc) is 3.45. The van der Waals surface area contributed by atoms with Crippen LogP contribution in [0.15, 0.2) is 46.5 Å². The van der Waals surface area contributed by atoms with Gasteiger partial charge in [0.25, 0.3) is 5.91 Å². The monoisotopic (exact) mass is 425 g/mol. The maximum absolute atomic E-state index is 12.7. The minimum absolute atomic E-state index is 0.0414. The Kier molecular flexibility index (Phi) is 6.06. The summed E-state index contributed by atoms with van der Waals surface area (Å²) in [4.78, 5) is 33.6. The highest BCUT2D eigenvalue weighted by Crippen LogP contribution is 2.26. The number of thiazole rings is 1. The largest absolute Gasteiger partial charge is 0.339 e. The molecular weight excluding hydrogens is 402 g/mol. The predicted molar refractivity (Wildman–Crippen MR) is 117 cm³/mol. The molecule has 7 heteroatoms. The molecular formula is C22H23N3O2S2. The average molecular weight is 426 g/mol. The van der Waals surface area contributed by atoms with Gasteiger partial charge in [0.1, 0.15) is 5.01 Å². The van der Waals surface area contributed by atoms with Gasteiger partial charge in [0, 0.05) is 48.1 Å². The smallest absolute Gasteiger partial charge is 0.253 e. The van der Waals surface area contributed by atoms with Crippen LogP contribution in [0.1, 0.15) is 28.5 Å². The van der Waals surface area contributed by atoms with E-state index in [1.54, 1.807) is 22.7 Å². The molecule has 0 atom stereocenters. The molecule has 1 saturated heterocycles. The Balaban J connectivity index is 1.30. The molecule has 3 aromatic rings. The lowest BCUT2D eigenvalue weighted by atomic mass is 10.1. The Labute approximate surface area is 178 Å². The van der Waals surface area contributed by atoms with Crippen LogP contribution in [0.2, 0.25) is 0 Å². The molecule has 0 aliphatic carbocycles. The highest BCUT2D eigenvalue weighted by molar-refractivity contribution is 7.14. The summed E-state index contributed by atoms with van der Waals surface area (Å²) in [6.07, 6.45) is 1.27. The van der Waals surface area contributed by atoms with Crippen molar-refractivity contribution in [3.63, 3.8) is 0 Å². The zero-order valence-corrected chi connectivity index (χ0v) is 18.0. The van der Waals surface area contributed by atoms with Crippen molar-refractivity contribution in [1.29, 1.82) is 0 Å². The van der Waals surface area contributed by atoms with Crippen molar-refractivity contribution >= 4 is 34.5 Å². The van der Waals surface area contributed by atoms with Crippen molar-refractivity contribution < 1.29 is 9.59 Å². The van der Waals surface area contributed by atoms with Crippen LogP contribution in [0.5, 0.6) is 0 Å². The number of thiophene rings is 1. The van der Waals surface area contributed by atoms with Crippen LogP contribution in [0.4, 0.5) is 0 Å². The number of carbonyl (C=O) groups excluding carboxylic acids is 2.